The fourth-order valence-electron chi connectivity index (χ4n) is 5.44. The minimum Gasteiger partial charge on any atom is -0.408 e. The van der Waals surface area contributed by atoms with Gasteiger partial charge in [0, 0.05) is 23.1 Å². The summed E-state index contributed by atoms with van der Waals surface area (Å²) in [6, 6.07) is 15.6. The van der Waals surface area contributed by atoms with Crippen molar-refractivity contribution in [3.8, 4) is 17.2 Å². The monoisotopic (exact) mass is 574 g/mol. The molecule has 4 rings (SSSR count). The first-order chi connectivity index (χ1) is 18.6. The minimum absolute atomic E-state index is 0.0356. The Morgan fingerprint density at radius 1 is 0.561 bits per heavy atom. The minimum atomic E-state index is -1.81. The molecule has 41 heavy (non-hydrogen) atoms. The van der Waals surface area contributed by atoms with Crippen molar-refractivity contribution >= 4 is 8.60 Å². The highest BCUT2D eigenvalue weighted by molar-refractivity contribution is 7.43. The summed E-state index contributed by atoms with van der Waals surface area (Å²) in [7, 11) is -1.81. The smallest absolute Gasteiger partial charge is 0.408 e. The maximum Gasteiger partial charge on any atom is 0.530 e. The second-order valence-corrected chi connectivity index (χ2v) is 17.0. The average molecular weight is 575 g/mol. The van der Waals surface area contributed by atoms with Crippen molar-refractivity contribution in [2.45, 2.75) is 125 Å². The van der Waals surface area contributed by atoms with Crippen LogP contribution in [0.1, 0.15) is 128 Å². The van der Waals surface area contributed by atoms with Crippen LogP contribution in [0.2, 0.25) is 0 Å². The molecule has 0 spiro atoms. The third-order valence-electron chi connectivity index (χ3n) is 7.78. The summed E-state index contributed by atoms with van der Waals surface area (Å²) in [4.78, 5) is 0. The summed E-state index contributed by atoms with van der Waals surface area (Å²) in [6.45, 7) is 31.3. The van der Waals surface area contributed by atoms with Gasteiger partial charge in [0.1, 0.15) is 17.2 Å². The number of hydrogen-bond donors (Lipinski definition) is 0. The largest absolute Gasteiger partial charge is 0.530 e. The topological polar surface area (TPSA) is 27.7 Å². The Kier molecular flexibility index (Phi) is 8.16. The van der Waals surface area contributed by atoms with E-state index in [9.17, 15) is 0 Å². The average Bonchev–Trinajstić information content (AvgIpc) is 2.78. The fourth-order valence-corrected chi connectivity index (χ4v) is 6.60. The van der Waals surface area contributed by atoms with E-state index in [1.807, 2.05) is 0 Å². The Morgan fingerprint density at radius 3 is 1.39 bits per heavy atom. The van der Waals surface area contributed by atoms with Crippen molar-refractivity contribution in [1.29, 1.82) is 0 Å². The molecule has 1 aliphatic rings. The molecule has 0 radical (unpaired) electrons. The third kappa shape index (κ3) is 6.94. The van der Waals surface area contributed by atoms with Crippen LogP contribution in [0, 0.1) is 13.8 Å². The first-order valence-corrected chi connectivity index (χ1v) is 16.0. The zero-order valence-electron chi connectivity index (χ0n) is 27.9. The predicted molar refractivity (Wildman–Crippen MR) is 175 cm³/mol. The number of fused-ring (bicyclic) bond motifs is 2. The quantitative estimate of drug-likeness (QED) is 0.285. The molecule has 4 heteroatoms. The molecule has 0 amide bonds. The van der Waals surface area contributed by atoms with E-state index in [4.69, 9.17) is 13.6 Å². The molecule has 0 N–H and O–H groups in total. The molecule has 3 aromatic carbocycles. The van der Waals surface area contributed by atoms with Gasteiger partial charge in [0.05, 0.1) is 0 Å². The fraction of sp³-hybridized carbons (Fsp3) is 0.514. The Labute approximate surface area is 251 Å². The first kappa shape index (κ1) is 31.4. The molecule has 3 nitrogen and oxygen atoms in total. The van der Waals surface area contributed by atoms with E-state index in [0.29, 0.717) is 0 Å². The van der Waals surface area contributed by atoms with Crippen LogP contribution >= 0.6 is 8.60 Å². The molecule has 3 aromatic rings. The van der Waals surface area contributed by atoms with E-state index in [2.05, 4.69) is 139 Å². The first-order valence-electron chi connectivity index (χ1n) is 14.9. The molecule has 222 valence electrons. The zero-order chi connectivity index (χ0) is 30.7. The third-order valence-corrected chi connectivity index (χ3v) is 8.78. The van der Waals surface area contributed by atoms with Gasteiger partial charge in [-0.3, -0.25) is 0 Å². The van der Waals surface area contributed by atoms with Crippen LogP contribution < -0.4 is 13.6 Å². The molecule has 0 fully saturated rings. The van der Waals surface area contributed by atoms with E-state index in [1.165, 1.54) is 38.9 Å². The standard InChI is InChI=1S/C37H51O3P/c1-23-17-25-21-26-18-24(2)20-30(37(12,13)14)33(26)40-41(39-32(25)29(19-23)36(9,10)11)38-31-16-15-27(34(3,4)5)22-28(31)35(6,7)8/h15-20,22H,21H2,1-14H3. The van der Waals surface area contributed by atoms with Gasteiger partial charge in [-0.15, -0.1) is 0 Å². The summed E-state index contributed by atoms with van der Waals surface area (Å²) >= 11 is 0. The van der Waals surface area contributed by atoms with Crippen LogP contribution in [0.4, 0.5) is 0 Å². The van der Waals surface area contributed by atoms with E-state index in [-0.39, 0.29) is 21.7 Å². The Bertz CT molecular complexity index is 1370. The van der Waals surface area contributed by atoms with Crippen molar-refractivity contribution in [3.05, 3.63) is 87.0 Å². The van der Waals surface area contributed by atoms with Crippen LogP contribution in [0.3, 0.4) is 0 Å². The lowest BCUT2D eigenvalue weighted by atomic mass is 9.80. The Morgan fingerprint density at radius 2 is 1.00 bits per heavy atom. The SMILES string of the molecule is Cc1cc2c(c(C(C)(C)C)c1)OP(Oc1ccc(C(C)(C)C)cc1C(C)(C)C)Oc1c(cc(C)cc1C(C)(C)C)C2. The van der Waals surface area contributed by atoms with Gasteiger partial charge in [0.2, 0.25) is 0 Å². The van der Waals surface area contributed by atoms with Crippen LogP contribution in [0.25, 0.3) is 0 Å². The van der Waals surface area contributed by atoms with Crippen molar-refractivity contribution in [1.82, 2.24) is 0 Å². The van der Waals surface area contributed by atoms with Gasteiger partial charge < -0.3 is 13.6 Å². The molecule has 0 bridgehead atoms. The summed E-state index contributed by atoms with van der Waals surface area (Å²) in [5.41, 5.74) is 9.34. The van der Waals surface area contributed by atoms with E-state index < -0.39 is 8.60 Å². The van der Waals surface area contributed by atoms with Crippen LogP contribution in [0.15, 0.2) is 42.5 Å². The van der Waals surface area contributed by atoms with Gasteiger partial charge >= 0.3 is 8.60 Å². The summed E-state index contributed by atoms with van der Waals surface area (Å²) in [6.07, 6.45) is 0.747. The van der Waals surface area contributed by atoms with Gasteiger partial charge in [-0.05, 0) is 58.3 Å². The molecular weight excluding hydrogens is 523 g/mol. The van der Waals surface area contributed by atoms with E-state index >= 15 is 0 Å². The molecule has 0 unspecified atom stereocenters. The normalized spacial score (nSPS) is 14.8. The Hall–Kier alpha value is -2.51. The predicted octanol–water partition coefficient (Wildman–Crippen LogP) is 11.2. The van der Waals surface area contributed by atoms with Gasteiger partial charge in [-0.25, -0.2) is 0 Å². The number of benzene rings is 3. The number of rotatable bonds is 2. The maximum absolute atomic E-state index is 6.89. The van der Waals surface area contributed by atoms with Gasteiger partial charge in [0.25, 0.3) is 0 Å². The van der Waals surface area contributed by atoms with Crippen molar-refractivity contribution in [2.75, 3.05) is 0 Å². The molecule has 0 saturated carbocycles. The van der Waals surface area contributed by atoms with Crippen LogP contribution in [-0.2, 0) is 28.1 Å². The van der Waals surface area contributed by atoms with Crippen molar-refractivity contribution in [3.63, 3.8) is 0 Å². The number of aryl methyl sites for hydroxylation is 2. The molecule has 1 aliphatic heterocycles. The summed E-state index contributed by atoms with van der Waals surface area (Å²) in [5.74, 6) is 2.60. The highest BCUT2D eigenvalue weighted by Crippen LogP contribution is 2.53. The molecular formula is C37H51O3P. The number of hydrogen-bond acceptors (Lipinski definition) is 3. The lowest BCUT2D eigenvalue weighted by Gasteiger charge is -2.33. The van der Waals surface area contributed by atoms with Crippen LogP contribution in [0.5, 0.6) is 17.2 Å². The van der Waals surface area contributed by atoms with Crippen LogP contribution in [-0.4, -0.2) is 0 Å². The highest BCUT2D eigenvalue weighted by atomic mass is 31.2. The zero-order valence-corrected chi connectivity index (χ0v) is 28.8. The molecule has 0 atom stereocenters. The van der Waals surface area contributed by atoms with Gasteiger partial charge in [-0.2, -0.15) is 0 Å². The lowest BCUT2D eigenvalue weighted by molar-refractivity contribution is 0.365. The highest BCUT2D eigenvalue weighted by Gasteiger charge is 2.35. The Balaban J connectivity index is 1.95. The molecule has 0 aromatic heterocycles. The van der Waals surface area contributed by atoms with E-state index in [0.717, 1.165) is 29.2 Å². The molecule has 0 saturated heterocycles. The molecule has 1 heterocycles. The second kappa shape index (κ2) is 10.6. The van der Waals surface area contributed by atoms with Crippen molar-refractivity contribution < 1.29 is 13.6 Å². The summed E-state index contributed by atoms with van der Waals surface area (Å²) in [5, 5.41) is 0. The van der Waals surface area contributed by atoms with Gasteiger partial charge in [0.15, 0.2) is 0 Å². The maximum atomic E-state index is 6.89. The lowest BCUT2D eigenvalue weighted by Crippen LogP contribution is -2.20. The summed E-state index contributed by atoms with van der Waals surface area (Å²) < 4.78 is 20.6. The second-order valence-electron chi connectivity index (χ2n) is 16.0. The van der Waals surface area contributed by atoms with E-state index in [1.54, 1.807) is 0 Å². The van der Waals surface area contributed by atoms with Gasteiger partial charge in [-0.1, -0.05) is 131 Å². The molecule has 0 aliphatic carbocycles. The van der Waals surface area contributed by atoms with Crippen molar-refractivity contribution in [2.24, 2.45) is 0 Å².